The van der Waals surface area contributed by atoms with Gasteiger partial charge >= 0.3 is 5.97 Å². The van der Waals surface area contributed by atoms with Crippen LogP contribution in [-0.4, -0.2) is 78.5 Å². The van der Waals surface area contributed by atoms with Crippen LogP contribution < -0.4 is 5.32 Å². The summed E-state index contributed by atoms with van der Waals surface area (Å²) in [5, 5.41) is 16.4. The molecule has 45 heavy (non-hydrogen) atoms. The van der Waals surface area contributed by atoms with Gasteiger partial charge in [0.1, 0.15) is 17.8 Å². The van der Waals surface area contributed by atoms with Crippen LogP contribution in [0.3, 0.4) is 0 Å². The fourth-order valence-electron chi connectivity index (χ4n) is 5.39. The third kappa shape index (κ3) is 10.5. The molecular formula is C34H53N3O6SSi. The molecule has 2 N–H and O–H groups in total. The van der Waals surface area contributed by atoms with E-state index >= 15 is 0 Å². The van der Waals surface area contributed by atoms with Crippen molar-refractivity contribution in [1.82, 2.24) is 15.2 Å². The number of hydrogen-bond donors (Lipinski definition) is 2. The van der Waals surface area contributed by atoms with Crippen LogP contribution in [0, 0.1) is 11.8 Å². The summed E-state index contributed by atoms with van der Waals surface area (Å²) >= 11 is 1.34. The van der Waals surface area contributed by atoms with Crippen molar-refractivity contribution in [3.05, 3.63) is 52.0 Å². The van der Waals surface area contributed by atoms with Crippen molar-refractivity contribution in [2.45, 2.75) is 117 Å². The Kier molecular flexibility index (Phi) is 12.9. The number of thiazole rings is 1. The number of carbonyl (C=O) groups is 3. The Balaban J connectivity index is 1.92. The van der Waals surface area contributed by atoms with Crippen LogP contribution in [0.4, 0.5) is 0 Å². The SMILES string of the molecule is CC1=CC(O[Si](C)(C)C(C)(C)C)C[C@H](O)Cc2nc(cs2)C(=O)N2CCC[C@@H]2C(=O)O[C@H](C(C)C)[C@H](C)/C=C/C(=O)NCC=C1. The Morgan fingerprint density at radius 2 is 1.91 bits per heavy atom. The molecule has 1 saturated heterocycles. The highest BCUT2D eigenvalue weighted by Gasteiger charge is 2.40. The quantitative estimate of drug-likeness (QED) is 0.310. The first-order valence-electron chi connectivity index (χ1n) is 16.1. The molecule has 0 aromatic carbocycles. The molecule has 0 saturated carbocycles. The highest BCUT2D eigenvalue weighted by molar-refractivity contribution is 7.09. The lowest BCUT2D eigenvalue weighted by atomic mass is 9.94. The zero-order chi connectivity index (χ0) is 33.5. The van der Waals surface area contributed by atoms with Gasteiger partial charge in [-0.05, 0) is 49.9 Å². The number of amides is 2. The largest absolute Gasteiger partial charge is 0.460 e. The monoisotopic (exact) mass is 659 g/mol. The second-order valence-corrected chi connectivity index (χ2v) is 19.9. The first kappa shape index (κ1) is 36.9. The molecule has 2 aliphatic heterocycles. The van der Waals surface area contributed by atoms with E-state index < -0.39 is 32.5 Å². The van der Waals surface area contributed by atoms with Gasteiger partial charge in [0.05, 0.1) is 17.2 Å². The number of ether oxygens (including phenoxy) is 1. The molecule has 2 bridgehead atoms. The van der Waals surface area contributed by atoms with Gasteiger partial charge in [-0.1, -0.05) is 71.4 Å². The van der Waals surface area contributed by atoms with Gasteiger partial charge in [0.15, 0.2) is 8.32 Å². The van der Waals surface area contributed by atoms with Crippen LogP contribution in [0.1, 0.15) is 83.2 Å². The minimum Gasteiger partial charge on any atom is -0.460 e. The van der Waals surface area contributed by atoms with Crippen LogP contribution in [0.2, 0.25) is 18.1 Å². The number of cyclic esters (lactones) is 1. The normalized spacial score (nSPS) is 27.5. The molecule has 2 amide bonds. The van der Waals surface area contributed by atoms with E-state index in [9.17, 15) is 19.5 Å². The molecule has 11 heteroatoms. The molecule has 5 atom stereocenters. The average molecular weight is 660 g/mol. The first-order chi connectivity index (χ1) is 21.0. The van der Waals surface area contributed by atoms with Gasteiger partial charge < -0.3 is 24.5 Å². The first-order valence-corrected chi connectivity index (χ1v) is 19.9. The minimum absolute atomic E-state index is 0.00589. The number of aromatic nitrogens is 1. The van der Waals surface area contributed by atoms with E-state index in [0.717, 1.165) is 5.57 Å². The van der Waals surface area contributed by atoms with E-state index in [1.54, 1.807) is 16.4 Å². The summed E-state index contributed by atoms with van der Waals surface area (Å²) in [6.45, 7) is 19.6. The number of aliphatic hydroxyl groups is 1. The number of carbonyl (C=O) groups excluding carboxylic acids is 3. The lowest BCUT2D eigenvalue weighted by Gasteiger charge is -2.39. The summed E-state index contributed by atoms with van der Waals surface area (Å²) in [5.74, 6) is -1.18. The van der Waals surface area contributed by atoms with Crippen LogP contribution in [0.15, 0.2) is 41.3 Å². The lowest BCUT2D eigenvalue weighted by molar-refractivity contribution is -0.158. The fraction of sp³-hybridized carbons (Fsp3) is 0.647. The van der Waals surface area contributed by atoms with Crippen molar-refractivity contribution in [2.24, 2.45) is 11.8 Å². The maximum Gasteiger partial charge on any atom is 0.329 e. The van der Waals surface area contributed by atoms with Gasteiger partial charge in [0.25, 0.3) is 5.91 Å². The Bertz CT molecular complexity index is 1280. The number of esters is 1. The van der Waals surface area contributed by atoms with Crippen molar-refractivity contribution < 1.29 is 28.7 Å². The van der Waals surface area contributed by atoms with E-state index in [1.807, 2.05) is 45.9 Å². The van der Waals surface area contributed by atoms with E-state index in [2.05, 4.69) is 44.2 Å². The van der Waals surface area contributed by atoms with Crippen molar-refractivity contribution in [3.8, 4) is 0 Å². The van der Waals surface area contributed by atoms with Gasteiger partial charge in [0, 0.05) is 37.2 Å². The molecule has 3 rings (SSSR count). The van der Waals surface area contributed by atoms with Gasteiger partial charge in [-0.25, -0.2) is 9.78 Å². The number of hydrogen-bond acceptors (Lipinski definition) is 8. The van der Waals surface area contributed by atoms with Gasteiger partial charge in [-0.2, -0.15) is 0 Å². The average Bonchev–Trinajstić information content (AvgIpc) is 3.61. The summed E-state index contributed by atoms with van der Waals surface area (Å²) < 4.78 is 12.7. The molecule has 0 spiro atoms. The molecule has 0 aliphatic carbocycles. The maximum absolute atomic E-state index is 13.5. The number of nitrogens with one attached hydrogen (secondary N) is 1. The zero-order valence-electron chi connectivity index (χ0n) is 28.5. The molecule has 1 fully saturated rings. The van der Waals surface area contributed by atoms with Crippen LogP contribution in [0.5, 0.6) is 0 Å². The summed E-state index contributed by atoms with van der Waals surface area (Å²) in [7, 11) is -2.16. The Labute approximate surface area is 274 Å². The van der Waals surface area contributed by atoms with Crippen molar-refractivity contribution >= 4 is 37.4 Å². The number of rotatable bonds is 3. The molecular weight excluding hydrogens is 607 g/mol. The number of nitrogens with zero attached hydrogens (tertiary/aromatic N) is 2. The highest BCUT2D eigenvalue weighted by Crippen LogP contribution is 2.38. The minimum atomic E-state index is -2.16. The summed E-state index contributed by atoms with van der Waals surface area (Å²) in [6.07, 6.45) is 9.47. The van der Waals surface area contributed by atoms with E-state index in [-0.39, 0.29) is 46.9 Å². The molecule has 9 nitrogen and oxygen atoms in total. The lowest BCUT2D eigenvalue weighted by Crippen LogP contribution is -2.44. The van der Waals surface area contributed by atoms with Crippen LogP contribution in [-0.2, 0) is 25.2 Å². The van der Waals surface area contributed by atoms with E-state index in [4.69, 9.17) is 9.16 Å². The van der Waals surface area contributed by atoms with Crippen molar-refractivity contribution in [3.63, 3.8) is 0 Å². The number of aliphatic hydroxyl groups excluding tert-OH is 1. The van der Waals surface area contributed by atoms with Crippen molar-refractivity contribution in [1.29, 1.82) is 0 Å². The standard InChI is InChI=1S/C34H53N3O6SSi/c1-22(2)31-24(4)14-15-29(39)35-16-10-12-23(3)18-26(43-45(8,9)34(5,6)7)19-25(38)20-30-36-27(21-44-30)32(40)37-17-11-13-28(37)33(41)42-31/h10,12,14-15,18,21-22,24-26,28,31,38H,11,13,16-17,19-20H2,1-9H3,(H,35,39)/b12-10?,15-14+,23-18?/t24-,25+,26?,28-,31-/m1/s1. The third-order valence-corrected chi connectivity index (χ3v) is 14.3. The Morgan fingerprint density at radius 1 is 1.20 bits per heavy atom. The second-order valence-electron chi connectivity index (χ2n) is 14.2. The summed E-state index contributed by atoms with van der Waals surface area (Å²) in [4.78, 5) is 45.6. The molecule has 1 aromatic rings. The number of fused-ring (bicyclic) bond motifs is 3. The maximum atomic E-state index is 13.5. The second kappa shape index (κ2) is 15.8. The summed E-state index contributed by atoms with van der Waals surface area (Å²) in [6, 6.07) is -0.689. The smallest absolute Gasteiger partial charge is 0.329 e. The van der Waals surface area contributed by atoms with E-state index in [1.165, 1.54) is 17.4 Å². The van der Waals surface area contributed by atoms with Crippen molar-refractivity contribution in [2.75, 3.05) is 13.1 Å². The Morgan fingerprint density at radius 3 is 2.58 bits per heavy atom. The molecule has 1 aromatic heterocycles. The predicted octanol–water partition coefficient (Wildman–Crippen LogP) is 5.82. The molecule has 2 aliphatic rings. The number of allylic oxidation sites excluding steroid dienone is 2. The van der Waals surface area contributed by atoms with Crippen LogP contribution in [0.25, 0.3) is 0 Å². The molecule has 1 unspecified atom stereocenters. The Hall–Kier alpha value is -2.60. The zero-order valence-corrected chi connectivity index (χ0v) is 30.3. The molecule has 3 heterocycles. The summed E-state index contributed by atoms with van der Waals surface area (Å²) in [5.41, 5.74) is 1.24. The van der Waals surface area contributed by atoms with Gasteiger partial charge in [-0.15, -0.1) is 11.3 Å². The van der Waals surface area contributed by atoms with Gasteiger partial charge in [-0.3, -0.25) is 9.59 Å². The highest BCUT2D eigenvalue weighted by atomic mass is 32.1. The molecule has 0 radical (unpaired) electrons. The van der Waals surface area contributed by atoms with Gasteiger partial charge in [0.2, 0.25) is 5.91 Å². The predicted molar refractivity (Wildman–Crippen MR) is 181 cm³/mol. The topological polar surface area (TPSA) is 118 Å². The molecule has 250 valence electrons. The third-order valence-electron chi connectivity index (χ3n) is 8.93. The fourth-order valence-corrected chi connectivity index (χ4v) is 7.50. The van der Waals surface area contributed by atoms with Crippen LogP contribution >= 0.6 is 11.3 Å². The van der Waals surface area contributed by atoms with E-state index in [0.29, 0.717) is 37.4 Å².